The number of carbonyl (C=O) groups is 3. The molecule has 3 amide bonds. The monoisotopic (exact) mass is 467 g/mol. The lowest BCUT2D eigenvalue weighted by atomic mass is 9.95. The topological polar surface area (TPSA) is 60.9 Å². The minimum absolute atomic E-state index is 0.00215. The number of hydrogen-bond donors (Lipinski definition) is 0. The highest BCUT2D eigenvalue weighted by Gasteiger charge is 2.33. The Hall–Kier alpha value is -2.86. The van der Waals surface area contributed by atoms with E-state index in [0.29, 0.717) is 55.4 Å². The molecule has 0 aliphatic carbocycles. The summed E-state index contributed by atoms with van der Waals surface area (Å²) in [6, 6.07) is 12.8. The first-order valence-corrected chi connectivity index (χ1v) is 11.9. The van der Waals surface area contributed by atoms with Crippen molar-refractivity contribution in [3.8, 4) is 0 Å². The molecule has 174 valence electrons. The summed E-state index contributed by atoms with van der Waals surface area (Å²) in [4.78, 5) is 44.5. The predicted molar refractivity (Wildman–Crippen MR) is 128 cm³/mol. The van der Waals surface area contributed by atoms with E-state index in [4.69, 9.17) is 11.6 Å². The van der Waals surface area contributed by atoms with E-state index < -0.39 is 0 Å². The SMILES string of the molecule is Cc1cc(C)cc(C(=O)N2CCCC(C(=O)N3CCN(C(=O)c4ccc(Cl)cc4)CC3)C2)c1. The van der Waals surface area contributed by atoms with Gasteiger partial charge in [-0.15, -0.1) is 0 Å². The van der Waals surface area contributed by atoms with Crippen LogP contribution in [0.4, 0.5) is 0 Å². The van der Waals surface area contributed by atoms with E-state index in [1.807, 2.05) is 35.8 Å². The van der Waals surface area contributed by atoms with Crippen molar-refractivity contribution in [1.82, 2.24) is 14.7 Å². The van der Waals surface area contributed by atoms with Gasteiger partial charge in [-0.25, -0.2) is 0 Å². The maximum Gasteiger partial charge on any atom is 0.253 e. The van der Waals surface area contributed by atoms with Crippen LogP contribution in [-0.4, -0.2) is 71.7 Å². The number of likely N-dealkylation sites (tertiary alicyclic amines) is 1. The lowest BCUT2D eigenvalue weighted by molar-refractivity contribution is -0.138. The molecule has 2 heterocycles. The van der Waals surface area contributed by atoms with Crippen molar-refractivity contribution in [3.05, 3.63) is 69.7 Å². The number of halogens is 1. The van der Waals surface area contributed by atoms with Gasteiger partial charge in [0.1, 0.15) is 0 Å². The summed E-state index contributed by atoms with van der Waals surface area (Å²) in [5, 5.41) is 0.597. The quantitative estimate of drug-likeness (QED) is 0.690. The predicted octanol–water partition coefficient (Wildman–Crippen LogP) is 3.79. The zero-order valence-corrected chi connectivity index (χ0v) is 20.0. The Kier molecular flexibility index (Phi) is 7.03. The maximum atomic E-state index is 13.2. The third-order valence-corrected chi connectivity index (χ3v) is 6.75. The summed E-state index contributed by atoms with van der Waals surface area (Å²) in [6.07, 6.45) is 1.61. The van der Waals surface area contributed by atoms with Crippen LogP contribution in [0.1, 0.15) is 44.7 Å². The summed E-state index contributed by atoms with van der Waals surface area (Å²) >= 11 is 5.91. The molecule has 0 bridgehead atoms. The number of carbonyl (C=O) groups excluding carboxylic acids is 3. The third kappa shape index (κ3) is 5.38. The van der Waals surface area contributed by atoms with E-state index in [0.717, 1.165) is 24.0 Å². The van der Waals surface area contributed by atoms with Crippen LogP contribution in [0.5, 0.6) is 0 Å². The Bertz CT molecular complexity index is 1020. The highest BCUT2D eigenvalue weighted by molar-refractivity contribution is 6.30. The molecule has 33 heavy (non-hydrogen) atoms. The van der Waals surface area contributed by atoms with Crippen LogP contribution in [0.25, 0.3) is 0 Å². The first-order valence-electron chi connectivity index (χ1n) is 11.5. The van der Waals surface area contributed by atoms with Crippen molar-refractivity contribution in [2.24, 2.45) is 5.92 Å². The van der Waals surface area contributed by atoms with Gasteiger partial charge in [0.2, 0.25) is 5.91 Å². The molecule has 4 rings (SSSR count). The number of amides is 3. The second-order valence-corrected chi connectivity index (χ2v) is 9.53. The third-order valence-electron chi connectivity index (χ3n) is 6.50. The highest BCUT2D eigenvalue weighted by Crippen LogP contribution is 2.23. The summed E-state index contributed by atoms with van der Waals surface area (Å²) < 4.78 is 0. The van der Waals surface area contributed by atoms with Crippen molar-refractivity contribution in [3.63, 3.8) is 0 Å². The van der Waals surface area contributed by atoms with Crippen LogP contribution in [-0.2, 0) is 4.79 Å². The molecule has 2 saturated heterocycles. The Morgan fingerprint density at radius 1 is 0.758 bits per heavy atom. The number of rotatable bonds is 3. The van der Waals surface area contributed by atoms with Crippen LogP contribution < -0.4 is 0 Å². The number of aryl methyl sites for hydroxylation is 2. The number of benzene rings is 2. The van der Waals surface area contributed by atoms with Gasteiger partial charge in [0, 0.05) is 55.4 Å². The molecule has 6 nitrogen and oxygen atoms in total. The summed E-state index contributed by atoms with van der Waals surface area (Å²) in [5.74, 6) is -0.141. The van der Waals surface area contributed by atoms with Gasteiger partial charge in [-0.3, -0.25) is 14.4 Å². The Morgan fingerprint density at radius 2 is 1.33 bits per heavy atom. The smallest absolute Gasteiger partial charge is 0.253 e. The molecule has 0 aromatic heterocycles. The fourth-order valence-corrected chi connectivity index (χ4v) is 4.93. The molecule has 2 aliphatic rings. The van der Waals surface area contributed by atoms with E-state index >= 15 is 0 Å². The van der Waals surface area contributed by atoms with Crippen LogP contribution in [0.15, 0.2) is 42.5 Å². The number of hydrogen-bond acceptors (Lipinski definition) is 3. The van der Waals surface area contributed by atoms with Crippen LogP contribution in [0, 0.1) is 19.8 Å². The molecule has 2 aromatic carbocycles. The fraction of sp³-hybridized carbons (Fsp3) is 0.423. The van der Waals surface area contributed by atoms with Crippen molar-refractivity contribution in [2.45, 2.75) is 26.7 Å². The largest absolute Gasteiger partial charge is 0.339 e. The van der Waals surface area contributed by atoms with E-state index in [1.54, 1.807) is 29.2 Å². The Balaban J connectivity index is 1.34. The van der Waals surface area contributed by atoms with Crippen molar-refractivity contribution >= 4 is 29.3 Å². The molecular formula is C26H30ClN3O3. The van der Waals surface area contributed by atoms with Gasteiger partial charge in [-0.1, -0.05) is 28.8 Å². The van der Waals surface area contributed by atoms with Crippen LogP contribution in [0.3, 0.4) is 0 Å². The van der Waals surface area contributed by atoms with Gasteiger partial charge in [0.15, 0.2) is 0 Å². The first kappa shape index (κ1) is 23.3. The van der Waals surface area contributed by atoms with Gasteiger partial charge in [0.25, 0.3) is 11.8 Å². The van der Waals surface area contributed by atoms with E-state index in [9.17, 15) is 14.4 Å². The van der Waals surface area contributed by atoms with E-state index in [-0.39, 0.29) is 23.6 Å². The minimum Gasteiger partial charge on any atom is -0.339 e. The molecule has 2 aliphatic heterocycles. The molecule has 0 spiro atoms. The molecule has 2 fully saturated rings. The molecular weight excluding hydrogens is 438 g/mol. The van der Waals surface area contributed by atoms with Crippen molar-refractivity contribution in [1.29, 1.82) is 0 Å². The molecule has 1 atom stereocenters. The fourth-order valence-electron chi connectivity index (χ4n) is 4.81. The minimum atomic E-state index is -0.188. The average molecular weight is 468 g/mol. The van der Waals surface area contributed by atoms with Crippen molar-refractivity contribution in [2.75, 3.05) is 39.3 Å². The number of nitrogens with zero attached hydrogens (tertiary/aromatic N) is 3. The second-order valence-electron chi connectivity index (χ2n) is 9.09. The zero-order chi connectivity index (χ0) is 23.5. The first-order chi connectivity index (χ1) is 15.8. The zero-order valence-electron chi connectivity index (χ0n) is 19.2. The summed E-state index contributed by atoms with van der Waals surface area (Å²) in [6.45, 7) is 7.15. The van der Waals surface area contributed by atoms with Gasteiger partial charge >= 0.3 is 0 Å². The second kappa shape index (κ2) is 9.96. The summed E-state index contributed by atoms with van der Waals surface area (Å²) in [7, 11) is 0. The molecule has 2 aromatic rings. The molecule has 0 N–H and O–H groups in total. The van der Waals surface area contributed by atoms with E-state index in [1.165, 1.54) is 0 Å². The maximum absolute atomic E-state index is 13.2. The van der Waals surface area contributed by atoms with E-state index in [2.05, 4.69) is 6.07 Å². The van der Waals surface area contributed by atoms with Gasteiger partial charge < -0.3 is 14.7 Å². The van der Waals surface area contributed by atoms with Crippen LogP contribution in [0.2, 0.25) is 5.02 Å². The number of piperidine rings is 1. The van der Waals surface area contributed by atoms with Crippen molar-refractivity contribution < 1.29 is 14.4 Å². The molecule has 0 saturated carbocycles. The highest BCUT2D eigenvalue weighted by atomic mass is 35.5. The Labute approximate surface area is 200 Å². The molecule has 0 radical (unpaired) electrons. The summed E-state index contributed by atoms with van der Waals surface area (Å²) in [5.41, 5.74) is 3.42. The molecule has 7 heteroatoms. The average Bonchev–Trinajstić information content (AvgIpc) is 2.83. The van der Waals surface area contributed by atoms with Crippen LogP contribution >= 0.6 is 11.6 Å². The number of piperazine rings is 1. The normalized spacial score (nSPS) is 18.9. The van der Waals surface area contributed by atoms with Gasteiger partial charge in [-0.2, -0.15) is 0 Å². The van der Waals surface area contributed by atoms with Gasteiger partial charge in [-0.05, 0) is 63.1 Å². The van der Waals surface area contributed by atoms with Gasteiger partial charge in [0.05, 0.1) is 5.92 Å². The lowest BCUT2D eigenvalue weighted by Gasteiger charge is -2.39. The lowest BCUT2D eigenvalue weighted by Crippen LogP contribution is -2.54. The Morgan fingerprint density at radius 3 is 1.97 bits per heavy atom. The standard InChI is InChI=1S/C26H30ClN3O3/c1-18-14-19(2)16-22(15-18)26(33)30-9-3-4-21(17-30)25(32)29-12-10-28(11-13-29)24(31)20-5-7-23(27)8-6-20/h5-8,14-16,21H,3-4,9-13,17H2,1-2H3. The molecule has 1 unspecified atom stereocenters.